The van der Waals surface area contributed by atoms with Crippen LogP contribution in [0, 0.1) is 12.8 Å². The zero-order valence-electron chi connectivity index (χ0n) is 13.5. The van der Waals surface area contributed by atoms with Gasteiger partial charge in [0, 0.05) is 29.8 Å². The van der Waals surface area contributed by atoms with Gasteiger partial charge in [0.25, 0.3) is 5.92 Å². The molecule has 6 heteroatoms. The van der Waals surface area contributed by atoms with Gasteiger partial charge >= 0.3 is 0 Å². The van der Waals surface area contributed by atoms with E-state index in [0.29, 0.717) is 0 Å². The third kappa shape index (κ3) is 3.07. The summed E-state index contributed by atoms with van der Waals surface area (Å²) < 4.78 is 25.9. The SMILES string of the molecule is Cc1ccnc(-c2ccc3cc(NC(=O)[C@H]4CC4(F)F)ncc3c2)c1. The third-order valence-corrected chi connectivity index (χ3v) is 4.33. The van der Waals surface area contributed by atoms with Crippen molar-refractivity contribution < 1.29 is 13.6 Å². The van der Waals surface area contributed by atoms with E-state index in [0.717, 1.165) is 27.6 Å². The van der Waals surface area contributed by atoms with Gasteiger partial charge in [-0.25, -0.2) is 13.8 Å². The van der Waals surface area contributed by atoms with E-state index >= 15 is 0 Å². The monoisotopic (exact) mass is 339 g/mol. The molecule has 4 rings (SSSR count). The molecule has 1 aromatic carbocycles. The molecule has 25 heavy (non-hydrogen) atoms. The van der Waals surface area contributed by atoms with Crippen molar-refractivity contribution in [3.8, 4) is 11.3 Å². The second-order valence-electron chi connectivity index (χ2n) is 6.36. The van der Waals surface area contributed by atoms with Crippen LogP contribution in [-0.4, -0.2) is 21.8 Å². The number of alkyl halides is 2. The number of amides is 1. The maximum Gasteiger partial charge on any atom is 0.260 e. The standard InChI is InChI=1S/C19H15F2N3O/c1-11-4-5-22-16(6-11)13-3-2-12-8-17(23-10-14(12)7-13)24-18(25)15-9-19(15,20)21/h2-8,10,15H,9H2,1H3,(H,23,24,25)/t15-/m1/s1. The highest BCUT2D eigenvalue weighted by Gasteiger charge is 2.61. The molecule has 4 nitrogen and oxygen atoms in total. The van der Waals surface area contributed by atoms with Crippen LogP contribution in [0.3, 0.4) is 0 Å². The molecule has 0 unspecified atom stereocenters. The van der Waals surface area contributed by atoms with Crippen LogP contribution < -0.4 is 5.32 Å². The number of nitrogens with one attached hydrogen (secondary N) is 1. The number of rotatable bonds is 3. The Morgan fingerprint density at radius 3 is 2.68 bits per heavy atom. The number of aryl methyl sites for hydroxylation is 1. The number of aromatic nitrogens is 2. The van der Waals surface area contributed by atoms with Crippen LogP contribution in [0.2, 0.25) is 0 Å². The van der Waals surface area contributed by atoms with Gasteiger partial charge in [0.2, 0.25) is 5.91 Å². The molecule has 1 saturated carbocycles. The number of carbonyl (C=O) groups is 1. The maximum atomic E-state index is 12.9. The van der Waals surface area contributed by atoms with Crippen LogP contribution in [0.25, 0.3) is 22.0 Å². The van der Waals surface area contributed by atoms with Crippen molar-refractivity contribution in [1.82, 2.24) is 9.97 Å². The molecule has 2 heterocycles. The lowest BCUT2D eigenvalue weighted by Gasteiger charge is -2.07. The van der Waals surface area contributed by atoms with E-state index in [4.69, 9.17) is 0 Å². The average molecular weight is 339 g/mol. The predicted molar refractivity (Wildman–Crippen MR) is 91.4 cm³/mol. The molecule has 126 valence electrons. The fraction of sp³-hybridized carbons (Fsp3) is 0.211. The van der Waals surface area contributed by atoms with Crippen LogP contribution in [-0.2, 0) is 4.79 Å². The van der Waals surface area contributed by atoms with Crippen LogP contribution >= 0.6 is 0 Å². The van der Waals surface area contributed by atoms with Gasteiger partial charge in [0.05, 0.1) is 5.69 Å². The Morgan fingerprint density at radius 2 is 1.96 bits per heavy atom. The lowest BCUT2D eigenvalue weighted by molar-refractivity contribution is -0.119. The highest BCUT2D eigenvalue weighted by atomic mass is 19.3. The van der Waals surface area contributed by atoms with E-state index in [2.05, 4.69) is 15.3 Å². The topological polar surface area (TPSA) is 54.9 Å². The van der Waals surface area contributed by atoms with E-state index < -0.39 is 17.7 Å². The van der Waals surface area contributed by atoms with Gasteiger partial charge in [-0.15, -0.1) is 0 Å². The first kappa shape index (κ1) is 15.6. The average Bonchev–Trinajstić information content (AvgIpc) is 3.23. The molecule has 3 aromatic rings. The zero-order valence-corrected chi connectivity index (χ0v) is 13.5. The smallest absolute Gasteiger partial charge is 0.260 e. The molecule has 1 amide bonds. The minimum Gasteiger partial charge on any atom is -0.310 e. The summed E-state index contributed by atoms with van der Waals surface area (Å²) in [5.74, 6) is -4.52. The largest absolute Gasteiger partial charge is 0.310 e. The fourth-order valence-corrected chi connectivity index (χ4v) is 2.77. The quantitative estimate of drug-likeness (QED) is 0.778. The van der Waals surface area contributed by atoms with Crippen molar-refractivity contribution in [1.29, 1.82) is 0 Å². The van der Waals surface area contributed by atoms with Crippen LogP contribution in [0.1, 0.15) is 12.0 Å². The summed E-state index contributed by atoms with van der Waals surface area (Å²) in [6.45, 7) is 2.01. The number of fused-ring (bicyclic) bond motifs is 1. The molecule has 1 N–H and O–H groups in total. The normalized spacial score (nSPS) is 18.1. The second kappa shape index (κ2) is 5.58. The summed E-state index contributed by atoms with van der Waals surface area (Å²) in [6, 6.07) is 11.4. The minimum atomic E-state index is -2.88. The molecule has 0 radical (unpaired) electrons. The molecule has 1 aliphatic rings. The summed E-state index contributed by atoms with van der Waals surface area (Å²) in [4.78, 5) is 20.3. The molecule has 1 fully saturated rings. The van der Waals surface area contributed by atoms with E-state index in [1.54, 1.807) is 18.5 Å². The van der Waals surface area contributed by atoms with Gasteiger partial charge in [0.15, 0.2) is 0 Å². The number of halogens is 2. The Kier molecular flexibility index (Phi) is 3.49. The highest BCUT2D eigenvalue weighted by molar-refractivity contribution is 5.96. The number of hydrogen-bond donors (Lipinski definition) is 1. The zero-order chi connectivity index (χ0) is 17.6. The number of nitrogens with zero attached hydrogens (tertiary/aromatic N) is 2. The first-order valence-corrected chi connectivity index (χ1v) is 7.94. The summed E-state index contributed by atoms with van der Waals surface area (Å²) in [5, 5.41) is 4.21. The molecule has 1 aliphatic carbocycles. The van der Waals surface area contributed by atoms with Gasteiger partial charge in [0.1, 0.15) is 11.7 Å². The summed E-state index contributed by atoms with van der Waals surface area (Å²) in [7, 11) is 0. The van der Waals surface area contributed by atoms with Crippen molar-refractivity contribution in [3.63, 3.8) is 0 Å². The molecular formula is C19H15F2N3O. The van der Waals surface area contributed by atoms with Crippen LogP contribution in [0.5, 0.6) is 0 Å². The first-order chi connectivity index (χ1) is 11.9. The molecule has 0 spiro atoms. The van der Waals surface area contributed by atoms with Gasteiger partial charge in [-0.3, -0.25) is 9.78 Å². The summed E-state index contributed by atoms with van der Waals surface area (Å²) in [6.07, 6.45) is 2.99. The predicted octanol–water partition coefficient (Wildman–Crippen LogP) is 4.20. The lowest BCUT2D eigenvalue weighted by Crippen LogP contribution is -2.18. The van der Waals surface area contributed by atoms with E-state index in [1.165, 1.54) is 0 Å². The second-order valence-corrected chi connectivity index (χ2v) is 6.36. The summed E-state index contributed by atoms with van der Waals surface area (Å²) >= 11 is 0. The minimum absolute atomic E-state index is 0.279. The number of hydrogen-bond acceptors (Lipinski definition) is 3. The lowest BCUT2D eigenvalue weighted by atomic mass is 10.1. The Hall–Kier alpha value is -2.89. The Balaban J connectivity index is 1.60. The molecule has 2 aromatic heterocycles. The summed E-state index contributed by atoms with van der Waals surface area (Å²) in [5.41, 5.74) is 2.96. The Labute approximate surface area is 142 Å². The Bertz CT molecular complexity index is 987. The van der Waals surface area contributed by atoms with Crippen molar-refractivity contribution in [2.45, 2.75) is 19.3 Å². The number of carbonyl (C=O) groups excluding carboxylic acids is 1. The molecule has 1 atom stereocenters. The van der Waals surface area contributed by atoms with Gasteiger partial charge in [-0.05, 0) is 42.1 Å². The van der Waals surface area contributed by atoms with Crippen LogP contribution in [0.4, 0.5) is 14.6 Å². The third-order valence-electron chi connectivity index (χ3n) is 4.33. The fourth-order valence-electron chi connectivity index (χ4n) is 2.77. The number of pyridine rings is 2. The van der Waals surface area contributed by atoms with E-state index in [9.17, 15) is 13.6 Å². The van der Waals surface area contributed by atoms with Crippen molar-refractivity contribution in [2.75, 3.05) is 5.32 Å². The number of anilines is 1. The first-order valence-electron chi connectivity index (χ1n) is 7.94. The molecule has 0 aliphatic heterocycles. The van der Waals surface area contributed by atoms with E-state index in [1.807, 2.05) is 37.3 Å². The maximum absolute atomic E-state index is 12.9. The van der Waals surface area contributed by atoms with Gasteiger partial charge in [-0.1, -0.05) is 12.1 Å². The number of benzene rings is 1. The molecule has 0 saturated heterocycles. The van der Waals surface area contributed by atoms with Crippen molar-refractivity contribution in [2.24, 2.45) is 5.92 Å². The Morgan fingerprint density at radius 1 is 1.16 bits per heavy atom. The van der Waals surface area contributed by atoms with Crippen molar-refractivity contribution >= 4 is 22.5 Å². The van der Waals surface area contributed by atoms with Gasteiger partial charge in [-0.2, -0.15) is 0 Å². The molecular weight excluding hydrogens is 324 g/mol. The molecule has 0 bridgehead atoms. The van der Waals surface area contributed by atoms with Crippen LogP contribution in [0.15, 0.2) is 48.8 Å². The van der Waals surface area contributed by atoms with Crippen molar-refractivity contribution in [3.05, 3.63) is 54.4 Å². The van der Waals surface area contributed by atoms with E-state index in [-0.39, 0.29) is 12.2 Å². The highest BCUT2D eigenvalue weighted by Crippen LogP contribution is 2.49. The van der Waals surface area contributed by atoms with Gasteiger partial charge < -0.3 is 5.32 Å².